The van der Waals surface area contributed by atoms with Gasteiger partial charge in [0.2, 0.25) is 5.95 Å². The van der Waals surface area contributed by atoms with E-state index in [-0.39, 0.29) is 0 Å². The highest BCUT2D eigenvalue weighted by molar-refractivity contribution is 5.30. The summed E-state index contributed by atoms with van der Waals surface area (Å²) >= 11 is 0. The summed E-state index contributed by atoms with van der Waals surface area (Å²) in [6, 6.07) is 4.11. The van der Waals surface area contributed by atoms with Crippen molar-refractivity contribution in [3.8, 4) is 0 Å². The number of aromatic nitrogens is 2. The molecule has 0 radical (unpaired) electrons. The molecule has 0 amide bonds. The molecular formula is C15H17F2N3. The Bertz CT molecular complexity index is 589. The Hall–Kier alpha value is -1.91. The molecule has 0 saturated heterocycles. The zero-order valence-corrected chi connectivity index (χ0v) is 11.1. The first-order valence-electron chi connectivity index (χ1n) is 6.94. The monoisotopic (exact) mass is 277 g/mol. The quantitative estimate of drug-likeness (QED) is 0.919. The minimum atomic E-state index is -0.557. The van der Waals surface area contributed by atoms with Crippen LogP contribution in [0.25, 0.3) is 0 Å². The Labute approximate surface area is 116 Å². The molecule has 1 aliphatic rings. The summed E-state index contributed by atoms with van der Waals surface area (Å²) in [7, 11) is 0. The first-order valence-corrected chi connectivity index (χ1v) is 6.94. The van der Waals surface area contributed by atoms with E-state index >= 15 is 0 Å². The van der Waals surface area contributed by atoms with Crippen LogP contribution in [0.3, 0.4) is 0 Å². The van der Waals surface area contributed by atoms with Gasteiger partial charge in [0.1, 0.15) is 11.6 Å². The van der Waals surface area contributed by atoms with Gasteiger partial charge >= 0.3 is 0 Å². The van der Waals surface area contributed by atoms with Crippen LogP contribution in [0.1, 0.15) is 37.3 Å². The summed E-state index contributed by atoms with van der Waals surface area (Å²) in [6.45, 7) is 0.301. The fourth-order valence-corrected chi connectivity index (χ4v) is 2.77. The molecule has 20 heavy (non-hydrogen) atoms. The second-order valence-electron chi connectivity index (χ2n) is 5.19. The van der Waals surface area contributed by atoms with E-state index in [1.807, 2.05) is 6.20 Å². The third-order valence-corrected chi connectivity index (χ3v) is 3.84. The number of halogens is 2. The molecule has 0 unspecified atom stereocenters. The van der Waals surface area contributed by atoms with Gasteiger partial charge in [0.25, 0.3) is 0 Å². The van der Waals surface area contributed by atoms with E-state index in [1.54, 1.807) is 6.20 Å². The second-order valence-corrected chi connectivity index (χ2v) is 5.19. The molecule has 1 fully saturated rings. The molecule has 1 aliphatic carbocycles. The number of nitrogens with one attached hydrogen (secondary N) is 1. The molecule has 0 spiro atoms. The van der Waals surface area contributed by atoms with Gasteiger partial charge in [-0.3, -0.25) is 0 Å². The summed E-state index contributed by atoms with van der Waals surface area (Å²) < 4.78 is 28.5. The molecule has 0 bridgehead atoms. The Morgan fingerprint density at radius 3 is 2.80 bits per heavy atom. The van der Waals surface area contributed by atoms with Crippen molar-refractivity contribution >= 4 is 5.95 Å². The minimum absolute atomic E-state index is 0.301. The Morgan fingerprint density at radius 2 is 2.05 bits per heavy atom. The SMILES string of the molecule is Fc1ccc(CNc2nccn2C2CCCC2)c(F)c1. The van der Waals surface area contributed by atoms with Crippen molar-refractivity contribution in [1.82, 2.24) is 9.55 Å². The normalized spacial score (nSPS) is 15.7. The Balaban J connectivity index is 1.70. The average molecular weight is 277 g/mol. The van der Waals surface area contributed by atoms with Crippen LogP contribution < -0.4 is 5.32 Å². The van der Waals surface area contributed by atoms with Gasteiger partial charge in [0, 0.05) is 36.6 Å². The van der Waals surface area contributed by atoms with Crippen LogP contribution in [-0.4, -0.2) is 9.55 Å². The number of anilines is 1. The van der Waals surface area contributed by atoms with E-state index in [9.17, 15) is 8.78 Å². The van der Waals surface area contributed by atoms with Gasteiger partial charge in [-0.25, -0.2) is 13.8 Å². The summed E-state index contributed by atoms with van der Waals surface area (Å²) in [6.07, 6.45) is 8.52. The van der Waals surface area contributed by atoms with Crippen LogP contribution in [0.15, 0.2) is 30.6 Å². The Morgan fingerprint density at radius 1 is 1.25 bits per heavy atom. The molecule has 1 aromatic heterocycles. The zero-order chi connectivity index (χ0) is 13.9. The number of benzene rings is 1. The molecule has 1 aromatic carbocycles. The van der Waals surface area contributed by atoms with Crippen LogP contribution in [-0.2, 0) is 6.54 Å². The fraction of sp³-hybridized carbons (Fsp3) is 0.400. The first kappa shape index (κ1) is 13.1. The van der Waals surface area contributed by atoms with Crippen molar-refractivity contribution in [2.75, 3.05) is 5.32 Å². The number of rotatable bonds is 4. The predicted octanol–water partition coefficient (Wildman–Crippen LogP) is 3.89. The van der Waals surface area contributed by atoms with Gasteiger partial charge in [0.15, 0.2) is 0 Å². The maximum Gasteiger partial charge on any atom is 0.203 e. The van der Waals surface area contributed by atoms with E-state index in [2.05, 4.69) is 14.9 Å². The molecule has 1 saturated carbocycles. The molecule has 3 rings (SSSR count). The molecule has 3 nitrogen and oxygen atoms in total. The van der Waals surface area contributed by atoms with Crippen molar-refractivity contribution in [3.63, 3.8) is 0 Å². The number of hydrogen-bond donors (Lipinski definition) is 1. The van der Waals surface area contributed by atoms with Crippen LogP contribution in [0.2, 0.25) is 0 Å². The van der Waals surface area contributed by atoms with E-state index < -0.39 is 11.6 Å². The topological polar surface area (TPSA) is 29.9 Å². The third-order valence-electron chi connectivity index (χ3n) is 3.84. The molecule has 0 atom stereocenters. The zero-order valence-electron chi connectivity index (χ0n) is 11.1. The molecule has 1 N–H and O–H groups in total. The lowest BCUT2D eigenvalue weighted by Crippen LogP contribution is -2.11. The van der Waals surface area contributed by atoms with Crippen molar-refractivity contribution in [2.45, 2.75) is 38.3 Å². The van der Waals surface area contributed by atoms with Crippen LogP contribution >= 0.6 is 0 Å². The van der Waals surface area contributed by atoms with Gasteiger partial charge in [0.05, 0.1) is 0 Å². The molecule has 1 heterocycles. The van der Waals surface area contributed by atoms with Crippen molar-refractivity contribution < 1.29 is 8.78 Å². The fourth-order valence-electron chi connectivity index (χ4n) is 2.77. The van der Waals surface area contributed by atoms with Gasteiger partial charge in [-0.05, 0) is 18.9 Å². The molecule has 0 aliphatic heterocycles. The van der Waals surface area contributed by atoms with E-state index in [0.29, 0.717) is 18.2 Å². The van der Waals surface area contributed by atoms with E-state index in [0.717, 1.165) is 24.9 Å². The largest absolute Gasteiger partial charge is 0.351 e. The number of hydrogen-bond acceptors (Lipinski definition) is 2. The average Bonchev–Trinajstić information content (AvgIpc) is 3.08. The highest BCUT2D eigenvalue weighted by Gasteiger charge is 2.19. The second kappa shape index (κ2) is 5.61. The lowest BCUT2D eigenvalue weighted by Gasteiger charge is -2.15. The van der Waals surface area contributed by atoms with Crippen LogP contribution in [0, 0.1) is 11.6 Å². The van der Waals surface area contributed by atoms with Crippen LogP contribution in [0.4, 0.5) is 14.7 Å². The third kappa shape index (κ3) is 2.66. The molecular weight excluding hydrogens is 260 g/mol. The standard InChI is InChI=1S/C15H17F2N3/c16-12-6-5-11(14(17)9-12)10-19-15-18-7-8-20(15)13-3-1-2-4-13/h5-9,13H,1-4,10H2,(H,18,19). The van der Waals surface area contributed by atoms with E-state index in [4.69, 9.17) is 0 Å². The predicted molar refractivity (Wildman–Crippen MR) is 73.4 cm³/mol. The van der Waals surface area contributed by atoms with Gasteiger partial charge in [-0.15, -0.1) is 0 Å². The molecule has 2 aromatic rings. The summed E-state index contributed by atoms with van der Waals surface area (Å²) in [4.78, 5) is 4.28. The smallest absolute Gasteiger partial charge is 0.203 e. The lowest BCUT2D eigenvalue weighted by atomic mass is 10.2. The highest BCUT2D eigenvalue weighted by Crippen LogP contribution is 2.31. The number of nitrogens with zero attached hydrogens (tertiary/aromatic N) is 2. The summed E-state index contributed by atoms with van der Waals surface area (Å²) in [5.41, 5.74) is 0.437. The van der Waals surface area contributed by atoms with Gasteiger partial charge in [-0.1, -0.05) is 18.9 Å². The molecule has 5 heteroatoms. The maximum absolute atomic E-state index is 13.6. The maximum atomic E-state index is 13.6. The lowest BCUT2D eigenvalue weighted by molar-refractivity contribution is 0.522. The van der Waals surface area contributed by atoms with Crippen molar-refractivity contribution in [2.24, 2.45) is 0 Å². The Kier molecular flexibility index (Phi) is 3.67. The number of imidazole rings is 1. The first-order chi connectivity index (χ1) is 9.74. The van der Waals surface area contributed by atoms with Gasteiger partial charge in [-0.2, -0.15) is 0 Å². The highest BCUT2D eigenvalue weighted by atomic mass is 19.1. The van der Waals surface area contributed by atoms with Crippen molar-refractivity contribution in [3.05, 3.63) is 47.8 Å². The molecule has 106 valence electrons. The minimum Gasteiger partial charge on any atom is -0.351 e. The summed E-state index contributed by atoms with van der Waals surface area (Å²) in [5.74, 6) is -0.337. The van der Waals surface area contributed by atoms with Crippen LogP contribution in [0.5, 0.6) is 0 Å². The van der Waals surface area contributed by atoms with Gasteiger partial charge < -0.3 is 9.88 Å². The van der Waals surface area contributed by atoms with Crippen molar-refractivity contribution in [1.29, 1.82) is 0 Å². The van der Waals surface area contributed by atoms with E-state index in [1.165, 1.54) is 25.0 Å². The summed E-state index contributed by atoms with van der Waals surface area (Å²) in [5, 5.41) is 3.14.